The molecule has 0 atom stereocenters. The molecule has 2 nitrogen and oxygen atoms in total. The number of hydrogen-bond acceptors (Lipinski definition) is 2. The molecular weight excluding hydrogens is 344 g/mol. The van der Waals surface area contributed by atoms with Crippen molar-refractivity contribution in [1.82, 2.24) is 0 Å². The molecule has 0 fully saturated rings. The average molecular weight is 368 g/mol. The normalized spacial score (nSPS) is 12.4. The largest absolute Gasteiger partial charge is 0.294 e. The van der Waals surface area contributed by atoms with Crippen LogP contribution in [0.3, 0.4) is 0 Å². The first-order chi connectivity index (χ1) is 13.3. The molecule has 0 aromatic heterocycles. The van der Waals surface area contributed by atoms with Gasteiger partial charge in [0, 0.05) is 11.1 Å². The second kappa shape index (κ2) is 6.87. The Bertz CT molecular complexity index is 1070. The van der Waals surface area contributed by atoms with Gasteiger partial charge in [-0.1, -0.05) is 81.4 Å². The first kappa shape index (κ1) is 18.4. The summed E-state index contributed by atoms with van der Waals surface area (Å²) in [6.07, 6.45) is 0.800. The zero-order valence-corrected chi connectivity index (χ0v) is 16.6. The van der Waals surface area contributed by atoms with Gasteiger partial charge in [-0.05, 0) is 45.7 Å². The summed E-state index contributed by atoms with van der Waals surface area (Å²) >= 11 is 0. The van der Waals surface area contributed by atoms with E-state index in [-0.39, 0.29) is 23.4 Å². The molecule has 140 valence electrons. The lowest BCUT2D eigenvalue weighted by molar-refractivity contribution is 0.0894. The molecule has 4 rings (SSSR count). The summed E-state index contributed by atoms with van der Waals surface area (Å²) in [6.45, 7) is 6.41. The van der Waals surface area contributed by atoms with Crippen LogP contribution >= 0.6 is 0 Å². The fourth-order valence-electron chi connectivity index (χ4n) is 3.80. The van der Waals surface area contributed by atoms with Crippen LogP contribution in [0, 0.1) is 0 Å². The van der Waals surface area contributed by atoms with Gasteiger partial charge in [-0.2, -0.15) is 0 Å². The molecule has 3 aromatic carbocycles. The molecular formula is C26H24O2. The maximum atomic E-state index is 12.7. The number of fused-ring (bicyclic) bond motifs is 3. The fourth-order valence-corrected chi connectivity index (χ4v) is 3.80. The van der Waals surface area contributed by atoms with E-state index in [2.05, 4.69) is 32.9 Å². The number of carbonyl (C=O) groups is 2. The zero-order valence-electron chi connectivity index (χ0n) is 16.6. The Kier molecular flexibility index (Phi) is 4.50. The van der Waals surface area contributed by atoms with Crippen molar-refractivity contribution < 1.29 is 9.59 Å². The van der Waals surface area contributed by atoms with Gasteiger partial charge in [0.25, 0.3) is 0 Å². The van der Waals surface area contributed by atoms with Gasteiger partial charge in [0.2, 0.25) is 0 Å². The predicted octanol–water partition coefficient (Wildman–Crippen LogP) is 6.01. The van der Waals surface area contributed by atoms with E-state index in [9.17, 15) is 9.59 Å². The van der Waals surface area contributed by atoms with Crippen molar-refractivity contribution in [1.29, 1.82) is 0 Å². The second-order valence-corrected chi connectivity index (χ2v) is 8.56. The van der Waals surface area contributed by atoms with Crippen molar-refractivity contribution in [2.24, 2.45) is 0 Å². The van der Waals surface area contributed by atoms with Crippen LogP contribution in [0.4, 0.5) is 0 Å². The first-order valence-electron chi connectivity index (χ1n) is 9.71. The maximum absolute atomic E-state index is 12.7. The summed E-state index contributed by atoms with van der Waals surface area (Å²) in [4.78, 5) is 25.3. The van der Waals surface area contributed by atoms with E-state index >= 15 is 0 Å². The highest BCUT2D eigenvalue weighted by atomic mass is 16.1. The molecule has 0 heterocycles. The van der Waals surface area contributed by atoms with Crippen LogP contribution in [0.25, 0.3) is 11.1 Å². The maximum Gasteiger partial charge on any atom is 0.170 e. The topological polar surface area (TPSA) is 34.1 Å². The van der Waals surface area contributed by atoms with E-state index in [0.717, 1.165) is 12.0 Å². The molecule has 3 aromatic rings. The quantitative estimate of drug-likeness (QED) is 0.326. The van der Waals surface area contributed by atoms with Crippen molar-refractivity contribution in [3.05, 3.63) is 94.5 Å². The van der Waals surface area contributed by atoms with Crippen molar-refractivity contribution in [3.63, 3.8) is 0 Å². The van der Waals surface area contributed by atoms with Crippen molar-refractivity contribution in [2.45, 2.75) is 39.0 Å². The monoisotopic (exact) mass is 368 g/mol. The number of hydrogen-bond donors (Lipinski definition) is 0. The van der Waals surface area contributed by atoms with Gasteiger partial charge >= 0.3 is 0 Å². The highest BCUT2D eigenvalue weighted by Gasteiger charge is 2.21. The van der Waals surface area contributed by atoms with Crippen LogP contribution in [0.1, 0.15) is 64.6 Å². The molecule has 0 saturated carbocycles. The number of ketones is 2. The number of Topliss-reactive ketones (excluding diaryl/α,β-unsaturated/α-hetero) is 2. The van der Waals surface area contributed by atoms with Crippen molar-refractivity contribution >= 4 is 11.6 Å². The molecule has 0 radical (unpaired) electrons. The number of carbonyl (C=O) groups excluding carboxylic acids is 2. The highest BCUT2D eigenvalue weighted by Crippen LogP contribution is 2.37. The Morgan fingerprint density at radius 3 is 2.07 bits per heavy atom. The smallest absolute Gasteiger partial charge is 0.170 e. The fraction of sp³-hybridized carbons (Fsp3) is 0.231. The van der Waals surface area contributed by atoms with Gasteiger partial charge in [-0.3, -0.25) is 9.59 Å². The molecule has 1 aliphatic rings. The molecule has 0 saturated heterocycles. The molecule has 2 heteroatoms. The first-order valence-corrected chi connectivity index (χ1v) is 9.71. The molecule has 1 aliphatic carbocycles. The third-order valence-electron chi connectivity index (χ3n) is 5.51. The molecule has 0 amide bonds. The minimum absolute atomic E-state index is 0.0398. The summed E-state index contributed by atoms with van der Waals surface area (Å²) in [5.74, 6) is -0.261. The average Bonchev–Trinajstić information content (AvgIpc) is 3.05. The SMILES string of the molecule is CC(C)(C)c1ccc(C(=O)CC(=O)c2ccc3c(c2)-c2ccccc2C3)cc1. The lowest BCUT2D eigenvalue weighted by Crippen LogP contribution is -2.12. The Morgan fingerprint density at radius 1 is 0.750 bits per heavy atom. The molecule has 0 spiro atoms. The second-order valence-electron chi connectivity index (χ2n) is 8.56. The van der Waals surface area contributed by atoms with Crippen LogP contribution < -0.4 is 0 Å². The van der Waals surface area contributed by atoms with E-state index in [1.54, 1.807) is 0 Å². The highest BCUT2D eigenvalue weighted by molar-refractivity contribution is 6.14. The van der Waals surface area contributed by atoms with Crippen LogP contribution in [0.2, 0.25) is 0 Å². The van der Waals surface area contributed by atoms with Crippen LogP contribution in [0.15, 0.2) is 66.7 Å². The number of benzene rings is 3. The van der Waals surface area contributed by atoms with Crippen molar-refractivity contribution in [2.75, 3.05) is 0 Å². The minimum Gasteiger partial charge on any atom is -0.294 e. The Labute approximate surface area is 166 Å². The van der Waals surface area contributed by atoms with Gasteiger partial charge in [0.15, 0.2) is 11.6 Å². The van der Waals surface area contributed by atoms with Crippen LogP contribution in [0.5, 0.6) is 0 Å². The predicted molar refractivity (Wildman–Crippen MR) is 113 cm³/mol. The van der Waals surface area contributed by atoms with Gasteiger partial charge in [0.1, 0.15) is 0 Å². The van der Waals surface area contributed by atoms with Crippen LogP contribution in [-0.4, -0.2) is 11.6 Å². The molecule has 0 aliphatic heterocycles. The summed E-state index contributed by atoms with van der Waals surface area (Å²) in [6, 6.07) is 21.7. The Morgan fingerprint density at radius 2 is 1.36 bits per heavy atom. The standard InChI is InChI=1S/C26H24O2/c1-26(2,3)21-12-10-17(11-13-21)24(27)16-25(28)20-9-8-19-14-18-6-4-5-7-22(18)23(19)15-20/h4-13,15H,14,16H2,1-3H3. The van der Waals surface area contributed by atoms with E-state index in [1.807, 2.05) is 54.6 Å². The number of rotatable bonds is 4. The molecule has 0 bridgehead atoms. The summed E-state index contributed by atoms with van der Waals surface area (Å²) in [5, 5.41) is 0. The van der Waals surface area contributed by atoms with Gasteiger partial charge < -0.3 is 0 Å². The van der Waals surface area contributed by atoms with Gasteiger partial charge in [-0.15, -0.1) is 0 Å². The molecule has 0 N–H and O–H groups in total. The zero-order chi connectivity index (χ0) is 19.9. The van der Waals surface area contributed by atoms with Crippen LogP contribution in [-0.2, 0) is 11.8 Å². The third-order valence-corrected chi connectivity index (χ3v) is 5.51. The van der Waals surface area contributed by atoms with Crippen molar-refractivity contribution in [3.8, 4) is 11.1 Å². The van der Waals surface area contributed by atoms with Gasteiger partial charge in [-0.25, -0.2) is 0 Å². The Hall–Kier alpha value is -3.00. The lowest BCUT2D eigenvalue weighted by Gasteiger charge is -2.18. The third kappa shape index (κ3) is 3.43. The minimum atomic E-state index is -0.133. The van der Waals surface area contributed by atoms with E-state index in [4.69, 9.17) is 0 Å². The van der Waals surface area contributed by atoms with E-state index in [0.29, 0.717) is 11.1 Å². The van der Waals surface area contributed by atoms with Gasteiger partial charge in [0.05, 0.1) is 6.42 Å². The lowest BCUT2D eigenvalue weighted by atomic mass is 9.86. The summed E-state index contributed by atoms with van der Waals surface area (Å²) in [7, 11) is 0. The summed E-state index contributed by atoms with van der Waals surface area (Å²) in [5.41, 5.74) is 7.24. The van der Waals surface area contributed by atoms with E-state index < -0.39 is 0 Å². The van der Waals surface area contributed by atoms with E-state index in [1.165, 1.54) is 22.3 Å². The Balaban J connectivity index is 1.53. The molecule has 28 heavy (non-hydrogen) atoms. The summed E-state index contributed by atoms with van der Waals surface area (Å²) < 4.78 is 0. The molecule has 0 unspecified atom stereocenters.